The summed E-state index contributed by atoms with van der Waals surface area (Å²) < 4.78 is 34.9. The molecule has 0 aliphatic heterocycles. The molecule has 0 aromatic carbocycles. The number of hydrogen-bond donors (Lipinski definition) is 1. The highest BCUT2D eigenvalue weighted by molar-refractivity contribution is 7.89. The molecule has 1 saturated carbocycles. The number of carbonyl (C=O) groups excluding carboxylic acids is 1. The predicted molar refractivity (Wildman–Crippen MR) is 130 cm³/mol. The molecule has 0 bridgehead atoms. The molecule has 0 unspecified atom stereocenters. The van der Waals surface area contributed by atoms with Crippen molar-refractivity contribution in [1.29, 1.82) is 0 Å². The van der Waals surface area contributed by atoms with Crippen LogP contribution in [0.5, 0.6) is 5.75 Å². The fourth-order valence-corrected chi connectivity index (χ4v) is 5.15. The lowest BCUT2D eigenvalue weighted by atomic mass is 9.96. The Morgan fingerprint density at radius 3 is 2.71 bits per heavy atom. The summed E-state index contributed by atoms with van der Waals surface area (Å²) in [5, 5.41) is 1.05. The third kappa shape index (κ3) is 5.01. The molecule has 0 spiro atoms. The van der Waals surface area contributed by atoms with Crippen molar-refractivity contribution >= 4 is 27.0 Å². The molecule has 34 heavy (non-hydrogen) atoms. The van der Waals surface area contributed by atoms with E-state index in [4.69, 9.17) is 4.74 Å². The molecule has 1 aliphatic carbocycles. The summed E-state index contributed by atoms with van der Waals surface area (Å²) in [6, 6.07) is 5.97. The van der Waals surface area contributed by atoms with Crippen LogP contribution < -0.4 is 14.9 Å². The van der Waals surface area contributed by atoms with E-state index in [0.717, 1.165) is 55.8 Å². The van der Waals surface area contributed by atoms with Crippen LogP contribution in [-0.4, -0.2) is 41.3 Å². The highest BCUT2D eigenvalue weighted by atomic mass is 32.2. The molecular weight excluding hydrogens is 456 g/mol. The van der Waals surface area contributed by atoms with Crippen molar-refractivity contribution < 1.29 is 17.9 Å². The molecule has 1 fully saturated rings. The van der Waals surface area contributed by atoms with Gasteiger partial charge >= 0.3 is 0 Å². The number of pyridine rings is 2. The zero-order chi connectivity index (χ0) is 24.3. The van der Waals surface area contributed by atoms with Gasteiger partial charge in [0.05, 0.1) is 24.6 Å². The summed E-state index contributed by atoms with van der Waals surface area (Å²) in [7, 11) is -3.83. The van der Waals surface area contributed by atoms with Crippen molar-refractivity contribution in [3.63, 3.8) is 0 Å². The molecule has 4 rings (SSSR count). The summed E-state index contributed by atoms with van der Waals surface area (Å²) in [6.07, 6.45) is 13.3. The van der Waals surface area contributed by atoms with E-state index in [9.17, 15) is 18.0 Å². The van der Waals surface area contributed by atoms with Gasteiger partial charge in [0.15, 0.2) is 5.75 Å². The van der Waals surface area contributed by atoms with Crippen LogP contribution in [0.4, 0.5) is 0 Å². The van der Waals surface area contributed by atoms with E-state index in [1.807, 2.05) is 36.0 Å². The Bertz CT molecular complexity index is 1350. The summed E-state index contributed by atoms with van der Waals surface area (Å²) in [5.74, 6) is -0.922. The van der Waals surface area contributed by atoms with Crippen LogP contribution in [-0.2, 0) is 22.1 Å². The molecular formula is C24H30N4O5S. The summed E-state index contributed by atoms with van der Waals surface area (Å²) in [4.78, 5) is 30.2. The van der Waals surface area contributed by atoms with E-state index >= 15 is 0 Å². The second-order valence-electron chi connectivity index (χ2n) is 8.98. The Labute approximate surface area is 198 Å². The van der Waals surface area contributed by atoms with Gasteiger partial charge in [0.1, 0.15) is 11.2 Å². The molecule has 3 aromatic rings. The van der Waals surface area contributed by atoms with Gasteiger partial charge in [-0.3, -0.25) is 9.59 Å². The van der Waals surface area contributed by atoms with Crippen LogP contribution in [0.25, 0.3) is 11.0 Å². The molecule has 0 atom stereocenters. The number of nitrogens with zero attached hydrogens (tertiary/aromatic N) is 3. The lowest BCUT2D eigenvalue weighted by Crippen LogP contribution is -2.37. The van der Waals surface area contributed by atoms with Crippen molar-refractivity contribution in [3.05, 3.63) is 58.8 Å². The molecule has 1 amide bonds. The SMILES string of the molecule is CCCCOc1cn(CC2(n3ccc4cccnc43)CCCC2)cc(C(=O)NS(C)(=O)=O)c1=O. The van der Waals surface area contributed by atoms with Crippen LogP contribution in [0.1, 0.15) is 55.8 Å². The van der Waals surface area contributed by atoms with Crippen LogP contribution in [0, 0.1) is 0 Å². The van der Waals surface area contributed by atoms with Crippen LogP contribution >= 0.6 is 0 Å². The number of rotatable bonds is 9. The van der Waals surface area contributed by atoms with E-state index in [2.05, 4.69) is 9.55 Å². The zero-order valence-electron chi connectivity index (χ0n) is 19.5. The first-order valence-corrected chi connectivity index (χ1v) is 13.4. The molecule has 1 N–H and O–H groups in total. The monoisotopic (exact) mass is 486 g/mol. The minimum atomic E-state index is -3.83. The number of nitrogens with one attached hydrogen (secondary N) is 1. The van der Waals surface area contributed by atoms with Crippen molar-refractivity contribution in [2.45, 2.75) is 57.5 Å². The molecule has 0 radical (unpaired) electrons. The number of aromatic nitrogens is 3. The minimum absolute atomic E-state index is 0.0400. The number of sulfonamides is 1. The number of ether oxygens (including phenoxy) is 1. The minimum Gasteiger partial charge on any atom is -0.488 e. The van der Waals surface area contributed by atoms with E-state index < -0.39 is 21.4 Å². The Morgan fingerprint density at radius 1 is 1.24 bits per heavy atom. The van der Waals surface area contributed by atoms with Crippen molar-refractivity contribution in [2.75, 3.05) is 12.9 Å². The quantitative estimate of drug-likeness (QED) is 0.465. The van der Waals surface area contributed by atoms with Crippen molar-refractivity contribution in [2.24, 2.45) is 0 Å². The van der Waals surface area contributed by atoms with E-state index in [0.29, 0.717) is 13.2 Å². The second kappa shape index (κ2) is 9.61. The van der Waals surface area contributed by atoms with Gasteiger partial charge in [0.25, 0.3) is 5.91 Å². The highest BCUT2D eigenvalue weighted by Crippen LogP contribution is 2.40. The Morgan fingerprint density at radius 2 is 2.00 bits per heavy atom. The van der Waals surface area contributed by atoms with Crippen molar-refractivity contribution in [1.82, 2.24) is 18.8 Å². The first-order chi connectivity index (χ1) is 16.2. The smallest absolute Gasteiger partial charge is 0.270 e. The van der Waals surface area contributed by atoms with Crippen LogP contribution in [0.2, 0.25) is 0 Å². The van der Waals surface area contributed by atoms with Crippen molar-refractivity contribution in [3.8, 4) is 5.75 Å². The average Bonchev–Trinajstić information content (AvgIpc) is 3.42. The van der Waals surface area contributed by atoms with Crippen LogP contribution in [0.15, 0.2) is 47.8 Å². The molecule has 182 valence electrons. The molecule has 3 heterocycles. The van der Waals surface area contributed by atoms with Gasteiger partial charge in [-0.1, -0.05) is 26.2 Å². The standard InChI is InChI=1S/C24H30N4O5S/c1-3-4-14-33-20-16-27(15-19(21(20)29)23(30)26-34(2,31)32)17-24(10-5-6-11-24)28-13-9-18-8-7-12-25-22(18)28/h7-9,12-13,15-16H,3-6,10-11,14,17H2,1-2H3,(H,26,30). The maximum atomic E-state index is 13.0. The third-order valence-electron chi connectivity index (χ3n) is 6.30. The van der Waals surface area contributed by atoms with E-state index in [1.54, 1.807) is 17.0 Å². The fourth-order valence-electron chi connectivity index (χ4n) is 4.71. The second-order valence-corrected chi connectivity index (χ2v) is 10.7. The summed E-state index contributed by atoms with van der Waals surface area (Å²) in [6.45, 7) is 2.83. The van der Waals surface area contributed by atoms with Crippen LogP contribution in [0.3, 0.4) is 0 Å². The normalized spacial score (nSPS) is 15.5. The van der Waals surface area contributed by atoms with E-state index in [-0.39, 0.29) is 16.9 Å². The van der Waals surface area contributed by atoms with Gasteiger partial charge in [-0.15, -0.1) is 0 Å². The molecule has 10 heteroatoms. The number of amides is 1. The number of carbonyl (C=O) groups is 1. The summed E-state index contributed by atoms with van der Waals surface area (Å²) in [5.41, 5.74) is -0.291. The number of unbranched alkanes of at least 4 members (excludes halogenated alkanes) is 1. The average molecular weight is 487 g/mol. The number of hydrogen-bond acceptors (Lipinski definition) is 6. The largest absolute Gasteiger partial charge is 0.488 e. The zero-order valence-corrected chi connectivity index (χ0v) is 20.3. The van der Waals surface area contributed by atoms with E-state index in [1.165, 1.54) is 6.20 Å². The maximum Gasteiger partial charge on any atom is 0.270 e. The molecule has 3 aromatic heterocycles. The molecule has 9 nitrogen and oxygen atoms in total. The first-order valence-electron chi connectivity index (χ1n) is 11.5. The lowest BCUT2D eigenvalue weighted by molar-refractivity contribution is 0.0978. The van der Waals surface area contributed by atoms with Gasteiger partial charge in [-0.25, -0.2) is 18.1 Å². The number of fused-ring (bicyclic) bond motifs is 1. The topological polar surface area (TPSA) is 112 Å². The third-order valence-corrected chi connectivity index (χ3v) is 6.85. The van der Waals surface area contributed by atoms with Gasteiger partial charge in [-0.2, -0.15) is 0 Å². The molecule has 1 aliphatic rings. The van der Waals surface area contributed by atoms with Gasteiger partial charge in [0.2, 0.25) is 15.5 Å². The summed E-state index contributed by atoms with van der Waals surface area (Å²) >= 11 is 0. The Balaban J connectivity index is 1.77. The fraction of sp³-hybridized carbons (Fsp3) is 0.458. The van der Waals surface area contributed by atoms with Gasteiger partial charge in [0, 0.05) is 30.5 Å². The highest BCUT2D eigenvalue weighted by Gasteiger charge is 2.37. The van der Waals surface area contributed by atoms with Gasteiger partial charge in [-0.05, 0) is 37.5 Å². The lowest BCUT2D eigenvalue weighted by Gasteiger charge is -2.33. The molecule has 0 saturated heterocycles. The van der Waals surface area contributed by atoms with Gasteiger partial charge < -0.3 is 13.9 Å². The Kier molecular flexibility index (Phi) is 6.79. The maximum absolute atomic E-state index is 13.0. The predicted octanol–water partition coefficient (Wildman–Crippen LogP) is 3.04. The first kappa shape index (κ1) is 24.0. The Hall–Kier alpha value is -3.14.